The van der Waals surface area contributed by atoms with Crippen molar-refractivity contribution in [2.45, 2.75) is 32.5 Å². The minimum Gasteiger partial charge on any atom is -0.382 e. The number of aliphatic hydroxyl groups is 1. The molecule has 1 heterocycles. The Bertz CT molecular complexity index is 594. The minimum atomic E-state index is -1.17. The molecule has 1 unspecified atom stereocenters. The quantitative estimate of drug-likeness (QED) is 0.681. The lowest BCUT2D eigenvalue weighted by Gasteiger charge is -2.10. The Hall–Kier alpha value is -1.92. The number of para-hydroxylation sites is 2. The SMILES string of the molecule is CCCn1c(CNCC(O)C(N)=O)nc2ccccc21. The standard InChI is InChI=1S/C14H20N4O2/c1-2-7-18-11-6-4-3-5-10(11)17-13(18)9-16-8-12(19)14(15)20/h3-6,12,16,19H,2,7-9H2,1H3,(H2,15,20). The first-order valence-corrected chi connectivity index (χ1v) is 6.75. The van der Waals surface area contributed by atoms with Crippen molar-refractivity contribution in [3.05, 3.63) is 30.1 Å². The summed E-state index contributed by atoms with van der Waals surface area (Å²) in [4.78, 5) is 15.3. The van der Waals surface area contributed by atoms with E-state index in [0.717, 1.165) is 29.8 Å². The predicted molar refractivity (Wildman–Crippen MR) is 76.9 cm³/mol. The lowest BCUT2D eigenvalue weighted by Crippen LogP contribution is -2.37. The molecule has 0 radical (unpaired) electrons. The van der Waals surface area contributed by atoms with Gasteiger partial charge < -0.3 is 20.7 Å². The van der Waals surface area contributed by atoms with Gasteiger partial charge in [0, 0.05) is 13.1 Å². The van der Waals surface area contributed by atoms with Crippen LogP contribution in [0.5, 0.6) is 0 Å². The number of aryl methyl sites for hydroxylation is 1. The molecule has 0 bridgehead atoms. The highest BCUT2D eigenvalue weighted by atomic mass is 16.3. The number of hydrogen-bond acceptors (Lipinski definition) is 4. The van der Waals surface area contributed by atoms with Gasteiger partial charge >= 0.3 is 0 Å². The average molecular weight is 276 g/mol. The highest BCUT2D eigenvalue weighted by Crippen LogP contribution is 2.16. The van der Waals surface area contributed by atoms with Crippen LogP contribution >= 0.6 is 0 Å². The summed E-state index contributed by atoms with van der Waals surface area (Å²) >= 11 is 0. The number of primary amides is 1. The second-order valence-electron chi connectivity index (χ2n) is 4.72. The van der Waals surface area contributed by atoms with E-state index in [1.165, 1.54) is 0 Å². The minimum absolute atomic E-state index is 0.130. The molecule has 1 atom stereocenters. The summed E-state index contributed by atoms with van der Waals surface area (Å²) in [6.07, 6.45) is -0.156. The third-order valence-corrected chi connectivity index (χ3v) is 3.13. The second kappa shape index (κ2) is 6.49. The molecule has 0 aliphatic heterocycles. The van der Waals surface area contributed by atoms with Gasteiger partial charge in [-0.15, -0.1) is 0 Å². The predicted octanol–water partition coefficient (Wildman–Crippen LogP) is 0.382. The van der Waals surface area contributed by atoms with Crippen molar-refractivity contribution in [2.24, 2.45) is 5.73 Å². The van der Waals surface area contributed by atoms with Gasteiger partial charge in [-0.1, -0.05) is 19.1 Å². The summed E-state index contributed by atoms with van der Waals surface area (Å²) in [5.41, 5.74) is 7.06. The van der Waals surface area contributed by atoms with Crippen LogP contribution in [-0.4, -0.2) is 33.2 Å². The molecular weight excluding hydrogens is 256 g/mol. The highest BCUT2D eigenvalue weighted by molar-refractivity contribution is 5.78. The van der Waals surface area contributed by atoms with E-state index >= 15 is 0 Å². The molecule has 0 aliphatic rings. The number of nitrogens with zero attached hydrogens (tertiary/aromatic N) is 2. The van der Waals surface area contributed by atoms with Crippen molar-refractivity contribution in [3.63, 3.8) is 0 Å². The Morgan fingerprint density at radius 3 is 2.95 bits per heavy atom. The lowest BCUT2D eigenvalue weighted by atomic mass is 10.3. The number of aliphatic hydroxyl groups excluding tert-OH is 1. The van der Waals surface area contributed by atoms with Crippen molar-refractivity contribution < 1.29 is 9.90 Å². The Labute approximate surface area is 117 Å². The molecule has 0 fully saturated rings. The Kier molecular flexibility index (Phi) is 4.70. The summed E-state index contributed by atoms with van der Waals surface area (Å²) in [7, 11) is 0. The number of aromatic nitrogens is 2. The van der Waals surface area contributed by atoms with Gasteiger partial charge in [0.1, 0.15) is 11.9 Å². The third-order valence-electron chi connectivity index (χ3n) is 3.13. The number of nitrogens with two attached hydrogens (primary N) is 1. The van der Waals surface area contributed by atoms with Crippen LogP contribution in [0.4, 0.5) is 0 Å². The number of imidazole rings is 1. The first-order valence-electron chi connectivity index (χ1n) is 6.75. The summed E-state index contributed by atoms with van der Waals surface area (Å²) in [5.74, 6) is 0.171. The lowest BCUT2D eigenvalue weighted by molar-refractivity contribution is -0.125. The van der Waals surface area contributed by atoms with Crippen molar-refractivity contribution in [3.8, 4) is 0 Å². The first kappa shape index (κ1) is 14.5. The van der Waals surface area contributed by atoms with Crippen LogP contribution in [-0.2, 0) is 17.9 Å². The van der Waals surface area contributed by atoms with Crippen molar-refractivity contribution >= 4 is 16.9 Å². The number of carbonyl (C=O) groups is 1. The van der Waals surface area contributed by atoms with Crippen molar-refractivity contribution in [1.29, 1.82) is 0 Å². The van der Waals surface area contributed by atoms with Gasteiger partial charge in [0.05, 0.1) is 17.6 Å². The molecule has 0 aliphatic carbocycles. The molecule has 4 N–H and O–H groups in total. The molecule has 0 saturated carbocycles. The maximum absolute atomic E-state index is 10.8. The largest absolute Gasteiger partial charge is 0.382 e. The molecule has 108 valence electrons. The summed E-state index contributed by atoms with van der Waals surface area (Å²) in [5, 5.41) is 12.4. The molecule has 1 aromatic carbocycles. The summed E-state index contributed by atoms with van der Waals surface area (Å²) in [6.45, 7) is 3.61. The zero-order chi connectivity index (χ0) is 14.5. The monoisotopic (exact) mass is 276 g/mol. The molecule has 6 heteroatoms. The van der Waals surface area contributed by atoms with Crippen molar-refractivity contribution in [1.82, 2.24) is 14.9 Å². The zero-order valence-corrected chi connectivity index (χ0v) is 11.5. The van der Waals surface area contributed by atoms with E-state index in [2.05, 4.69) is 21.8 Å². The number of amides is 1. The molecule has 2 aromatic rings. The van der Waals surface area contributed by atoms with Gasteiger partial charge in [-0.3, -0.25) is 4.79 Å². The topological polar surface area (TPSA) is 93.2 Å². The third kappa shape index (κ3) is 3.15. The average Bonchev–Trinajstić information content (AvgIpc) is 2.77. The zero-order valence-electron chi connectivity index (χ0n) is 11.5. The van der Waals surface area contributed by atoms with E-state index in [1.807, 2.05) is 24.3 Å². The first-order chi connectivity index (χ1) is 9.63. The smallest absolute Gasteiger partial charge is 0.247 e. The maximum atomic E-state index is 10.8. The molecule has 20 heavy (non-hydrogen) atoms. The van der Waals surface area contributed by atoms with Crippen LogP contribution in [0.1, 0.15) is 19.2 Å². The molecule has 0 spiro atoms. The van der Waals surface area contributed by atoms with Crippen LogP contribution in [0.2, 0.25) is 0 Å². The van der Waals surface area contributed by atoms with Crippen LogP contribution < -0.4 is 11.1 Å². The van der Waals surface area contributed by atoms with E-state index in [-0.39, 0.29) is 6.54 Å². The molecule has 1 aromatic heterocycles. The van der Waals surface area contributed by atoms with E-state index < -0.39 is 12.0 Å². The van der Waals surface area contributed by atoms with E-state index in [9.17, 15) is 9.90 Å². The molecule has 6 nitrogen and oxygen atoms in total. The van der Waals surface area contributed by atoms with Gasteiger partial charge in [-0.25, -0.2) is 4.98 Å². The van der Waals surface area contributed by atoms with E-state index in [0.29, 0.717) is 6.54 Å². The molecule has 0 saturated heterocycles. The summed E-state index contributed by atoms with van der Waals surface area (Å²) < 4.78 is 2.15. The van der Waals surface area contributed by atoms with Crippen LogP contribution in [0, 0.1) is 0 Å². The van der Waals surface area contributed by atoms with Gasteiger partial charge in [-0.05, 0) is 18.6 Å². The highest BCUT2D eigenvalue weighted by Gasteiger charge is 2.12. The van der Waals surface area contributed by atoms with Crippen molar-refractivity contribution in [2.75, 3.05) is 6.54 Å². The summed E-state index contributed by atoms with van der Waals surface area (Å²) in [6, 6.07) is 7.97. The normalized spacial score (nSPS) is 12.7. The van der Waals surface area contributed by atoms with Gasteiger partial charge in [0.2, 0.25) is 5.91 Å². The molecule has 2 rings (SSSR count). The van der Waals surface area contributed by atoms with E-state index in [4.69, 9.17) is 5.73 Å². The van der Waals surface area contributed by atoms with Gasteiger partial charge in [-0.2, -0.15) is 0 Å². The number of benzene rings is 1. The maximum Gasteiger partial charge on any atom is 0.247 e. The Morgan fingerprint density at radius 1 is 1.50 bits per heavy atom. The Morgan fingerprint density at radius 2 is 2.25 bits per heavy atom. The van der Waals surface area contributed by atoms with Gasteiger partial charge in [0.25, 0.3) is 0 Å². The molecular formula is C14H20N4O2. The number of rotatable bonds is 7. The van der Waals surface area contributed by atoms with Crippen LogP contribution in [0.15, 0.2) is 24.3 Å². The fourth-order valence-corrected chi connectivity index (χ4v) is 2.15. The fourth-order valence-electron chi connectivity index (χ4n) is 2.15. The second-order valence-corrected chi connectivity index (χ2v) is 4.72. The number of fused-ring (bicyclic) bond motifs is 1. The van der Waals surface area contributed by atoms with Crippen LogP contribution in [0.25, 0.3) is 11.0 Å². The number of carbonyl (C=O) groups excluding carboxylic acids is 1. The number of hydrogen-bond donors (Lipinski definition) is 3. The Balaban J connectivity index is 2.12. The number of nitrogens with one attached hydrogen (secondary N) is 1. The molecule has 1 amide bonds. The van der Waals surface area contributed by atoms with E-state index in [1.54, 1.807) is 0 Å². The van der Waals surface area contributed by atoms with Crippen LogP contribution in [0.3, 0.4) is 0 Å². The fraction of sp³-hybridized carbons (Fsp3) is 0.429. The van der Waals surface area contributed by atoms with Gasteiger partial charge in [0.15, 0.2) is 0 Å².